The van der Waals surface area contributed by atoms with Gasteiger partial charge in [0.1, 0.15) is 0 Å². The van der Waals surface area contributed by atoms with Gasteiger partial charge >= 0.3 is 0 Å². The minimum absolute atomic E-state index is 0.231. The molecule has 4 aromatic rings. The third-order valence-corrected chi connectivity index (χ3v) is 9.26. The Kier molecular flexibility index (Phi) is 6.80. The molecule has 0 N–H and O–H groups in total. The molecule has 0 aliphatic carbocycles. The second-order valence-corrected chi connectivity index (χ2v) is 12.3. The van der Waals surface area contributed by atoms with E-state index in [9.17, 15) is 0 Å². The van der Waals surface area contributed by atoms with Gasteiger partial charge in [-0.2, -0.15) is 0 Å². The number of pyridine rings is 2. The molecule has 0 amide bonds. The Morgan fingerprint density at radius 2 is 0.789 bits per heavy atom. The molecule has 0 fully saturated rings. The molecule has 3 heterocycles. The summed E-state index contributed by atoms with van der Waals surface area (Å²) in [6.07, 6.45) is 0. The van der Waals surface area contributed by atoms with Gasteiger partial charge in [0.2, 0.25) is 0 Å². The fourth-order valence-electron chi connectivity index (χ4n) is 7.67. The predicted molar refractivity (Wildman–Crippen MR) is 160 cm³/mol. The first-order valence-corrected chi connectivity index (χ1v) is 14.3. The van der Waals surface area contributed by atoms with Crippen LogP contribution in [0.1, 0.15) is 77.9 Å². The summed E-state index contributed by atoms with van der Waals surface area (Å²) in [5, 5.41) is 0. The summed E-state index contributed by atoms with van der Waals surface area (Å²) < 4.78 is 0. The van der Waals surface area contributed by atoms with E-state index in [1.807, 2.05) is 0 Å². The maximum Gasteiger partial charge on any atom is 0.0705 e. The standard InChI is InChI=1S/C36H42N2/c1-23(2)35(24(3)4)29-15-9-13-27(21-29)32-18-12-20-34(38-32)36(25(5)6,26(7)8)30-16-10-14-28(22-30)31-17-11-19-33(35)37-31/h9-26H,1-8H3. The molecular weight excluding hydrogens is 460 g/mol. The molecule has 0 atom stereocenters. The number of nitrogens with zero attached hydrogens (tertiary/aromatic N) is 2. The van der Waals surface area contributed by atoms with Crippen LogP contribution in [0, 0.1) is 23.7 Å². The highest BCUT2D eigenvalue weighted by Crippen LogP contribution is 2.48. The first-order chi connectivity index (χ1) is 18.1. The molecule has 2 heteroatoms. The molecule has 0 spiro atoms. The van der Waals surface area contributed by atoms with Crippen molar-refractivity contribution in [1.29, 1.82) is 0 Å². The highest BCUT2D eigenvalue weighted by atomic mass is 14.8. The first-order valence-electron chi connectivity index (χ1n) is 14.3. The lowest BCUT2D eigenvalue weighted by molar-refractivity contribution is 0.265. The zero-order valence-electron chi connectivity index (χ0n) is 24.3. The van der Waals surface area contributed by atoms with Crippen LogP contribution in [-0.4, -0.2) is 9.97 Å². The van der Waals surface area contributed by atoms with Gasteiger partial charge in [0.15, 0.2) is 0 Å². The van der Waals surface area contributed by atoms with Crippen LogP contribution < -0.4 is 0 Å². The molecule has 0 saturated carbocycles. The fraction of sp³-hybridized carbons (Fsp3) is 0.389. The van der Waals surface area contributed by atoms with Gasteiger partial charge in [-0.15, -0.1) is 0 Å². The summed E-state index contributed by atoms with van der Waals surface area (Å²) >= 11 is 0. The maximum absolute atomic E-state index is 5.43. The SMILES string of the molecule is CC(C)C1(C(C)C)c2cccc(c2)-c2cccc(n2)C(C(C)C)(C(C)C)c2cccc(c2)-c2cccc1n2. The van der Waals surface area contributed by atoms with Gasteiger partial charge in [-0.25, -0.2) is 0 Å². The first kappa shape index (κ1) is 26.4. The molecule has 2 aromatic heterocycles. The zero-order chi connectivity index (χ0) is 27.2. The monoisotopic (exact) mass is 502 g/mol. The van der Waals surface area contributed by atoms with Gasteiger partial charge in [0.25, 0.3) is 0 Å². The van der Waals surface area contributed by atoms with E-state index in [1.165, 1.54) is 22.3 Å². The molecule has 38 heavy (non-hydrogen) atoms. The smallest absolute Gasteiger partial charge is 0.0705 e. The van der Waals surface area contributed by atoms with Crippen LogP contribution in [0.5, 0.6) is 0 Å². The third kappa shape index (κ3) is 3.83. The van der Waals surface area contributed by atoms with Crippen molar-refractivity contribution in [3.8, 4) is 22.5 Å². The van der Waals surface area contributed by atoms with Crippen molar-refractivity contribution in [2.45, 2.75) is 66.2 Å². The highest BCUT2D eigenvalue weighted by molar-refractivity contribution is 5.65. The lowest BCUT2D eigenvalue weighted by Gasteiger charge is -2.43. The molecule has 0 saturated heterocycles. The van der Waals surface area contributed by atoms with Crippen molar-refractivity contribution in [3.63, 3.8) is 0 Å². The van der Waals surface area contributed by atoms with Crippen LogP contribution in [0.3, 0.4) is 0 Å². The van der Waals surface area contributed by atoms with Gasteiger partial charge in [-0.3, -0.25) is 9.97 Å². The molecule has 0 unspecified atom stereocenters. The minimum atomic E-state index is -0.231. The van der Waals surface area contributed by atoms with Gasteiger partial charge in [-0.05, 0) is 71.2 Å². The predicted octanol–water partition coefficient (Wildman–Crippen LogP) is 9.32. The summed E-state index contributed by atoms with van der Waals surface area (Å²) in [4.78, 5) is 10.9. The number of hydrogen-bond acceptors (Lipinski definition) is 2. The van der Waals surface area contributed by atoms with E-state index in [0.29, 0.717) is 23.7 Å². The normalized spacial score (nSPS) is 15.7. The Bertz CT molecular complexity index is 1220. The topological polar surface area (TPSA) is 25.8 Å². The van der Waals surface area contributed by atoms with Crippen LogP contribution in [0.15, 0.2) is 84.9 Å². The van der Waals surface area contributed by atoms with Crippen LogP contribution in [0.4, 0.5) is 0 Å². The van der Waals surface area contributed by atoms with Crippen LogP contribution in [-0.2, 0) is 10.8 Å². The van der Waals surface area contributed by atoms with E-state index in [4.69, 9.17) is 9.97 Å². The molecular formula is C36H42N2. The van der Waals surface area contributed by atoms with Crippen molar-refractivity contribution >= 4 is 0 Å². The Balaban J connectivity index is 1.95. The fourth-order valence-corrected chi connectivity index (χ4v) is 7.67. The van der Waals surface area contributed by atoms with E-state index in [2.05, 4.69) is 140 Å². The number of hydrogen-bond donors (Lipinski definition) is 0. The molecule has 8 bridgehead atoms. The molecule has 196 valence electrons. The third-order valence-electron chi connectivity index (χ3n) is 9.26. The van der Waals surface area contributed by atoms with Gasteiger partial charge < -0.3 is 0 Å². The van der Waals surface area contributed by atoms with Gasteiger partial charge in [-0.1, -0.05) is 104 Å². The van der Waals surface area contributed by atoms with E-state index in [-0.39, 0.29) is 10.8 Å². The Morgan fingerprint density at radius 1 is 0.447 bits per heavy atom. The average Bonchev–Trinajstić information content (AvgIpc) is 2.89. The van der Waals surface area contributed by atoms with E-state index < -0.39 is 0 Å². The Hall–Kier alpha value is -3.26. The van der Waals surface area contributed by atoms with Crippen LogP contribution >= 0.6 is 0 Å². The highest BCUT2D eigenvalue weighted by Gasteiger charge is 2.44. The quantitative estimate of drug-likeness (QED) is 0.278. The largest absolute Gasteiger partial charge is 0.252 e. The summed E-state index contributed by atoms with van der Waals surface area (Å²) in [7, 11) is 0. The molecule has 5 rings (SSSR count). The maximum atomic E-state index is 5.43. The lowest BCUT2D eigenvalue weighted by atomic mass is 9.61. The summed E-state index contributed by atoms with van der Waals surface area (Å²) in [6.45, 7) is 18.7. The van der Waals surface area contributed by atoms with Crippen LogP contribution in [0.25, 0.3) is 22.5 Å². The number of benzene rings is 2. The second-order valence-electron chi connectivity index (χ2n) is 12.3. The van der Waals surface area contributed by atoms with Crippen molar-refractivity contribution in [1.82, 2.24) is 9.97 Å². The minimum Gasteiger partial charge on any atom is -0.252 e. The molecule has 1 aliphatic heterocycles. The Labute approximate surface area is 229 Å². The van der Waals surface area contributed by atoms with E-state index >= 15 is 0 Å². The second kappa shape index (κ2) is 9.80. The summed E-state index contributed by atoms with van der Waals surface area (Å²) in [6, 6.07) is 31.4. The van der Waals surface area contributed by atoms with Crippen molar-refractivity contribution in [2.24, 2.45) is 23.7 Å². The van der Waals surface area contributed by atoms with E-state index in [1.54, 1.807) is 0 Å². The number of rotatable bonds is 4. The average molecular weight is 503 g/mol. The Morgan fingerprint density at radius 3 is 1.13 bits per heavy atom. The van der Waals surface area contributed by atoms with Crippen molar-refractivity contribution in [2.75, 3.05) is 0 Å². The van der Waals surface area contributed by atoms with Crippen LogP contribution in [0.2, 0.25) is 0 Å². The lowest BCUT2D eigenvalue weighted by Crippen LogP contribution is -2.40. The van der Waals surface area contributed by atoms with Gasteiger partial charge in [0.05, 0.1) is 22.8 Å². The van der Waals surface area contributed by atoms with E-state index in [0.717, 1.165) is 22.8 Å². The number of fused-ring (bicyclic) bond motifs is 10. The molecule has 2 aromatic carbocycles. The molecule has 2 nitrogen and oxygen atoms in total. The zero-order valence-corrected chi connectivity index (χ0v) is 24.3. The summed E-state index contributed by atoms with van der Waals surface area (Å²) in [5.41, 5.74) is 8.83. The number of aromatic nitrogens is 2. The molecule has 1 aliphatic rings. The van der Waals surface area contributed by atoms with Gasteiger partial charge in [0, 0.05) is 22.0 Å². The van der Waals surface area contributed by atoms with Crippen molar-refractivity contribution < 1.29 is 0 Å². The summed E-state index contributed by atoms with van der Waals surface area (Å²) in [5.74, 6) is 1.42. The molecule has 0 radical (unpaired) electrons. The van der Waals surface area contributed by atoms with Crippen molar-refractivity contribution in [3.05, 3.63) is 107 Å².